The number of ether oxygens (including phenoxy) is 2. The molecule has 0 bridgehead atoms. The molecule has 5 nitrogen and oxygen atoms in total. The normalized spacial score (nSPS) is 10.3. The molecule has 2 N–H and O–H groups in total. The van der Waals surface area contributed by atoms with E-state index in [-0.39, 0.29) is 5.91 Å². The van der Waals surface area contributed by atoms with Crippen LogP contribution in [0.15, 0.2) is 24.3 Å². The maximum absolute atomic E-state index is 12.0. The Balaban J connectivity index is 2.36. The Labute approximate surface area is 120 Å². The first-order valence-electron chi connectivity index (χ1n) is 6.83. The van der Waals surface area contributed by atoms with E-state index in [4.69, 9.17) is 15.2 Å². The number of hydrogen-bond acceptors (Lipinski definition) is 4. The first kappa shape index (κ1) is 16.5. The Morgan fingerprint density at radius 1 is 1.30 bits per heavy atom. The van der Waals surface area contributed by atoms with Gasteiger partial charge in [-0.15, -0.1) is 0 Å². The molecular weight excluding hydrogens is 256 g/mol. The van der Waals surface area contributed by atoms with Crippen LogP contribution in [0.2, 0.25) is 0 Å². The molecule has 0 aliphatic carbocycles. The van der Waals surface area contributed by atoms with Crippen LogP contribution in [0.25, 0.3) is 0 Å². The van der Waals surface area contributed by atoms with E-state index in [9.17, 15) is 4.79 Å². The smallest absolute Gasteiger partial charge is 0.226 e. The standard InChI is InChI=1S/C15H24N2O3/c1-13-4-3-5-14(12-13)20-10-6-15(18)17(8-7-16)9-11-19-2/h3-5,12H,6-11,16H2,1-2H3. The predicted molar refractivity (Wildman–Crippen MR) is 78.8 cm³/mol. The highest BCUT2D eigenvalue weighted by Gasteiger charge is 2.12. The van der Waals surface area contributed by atoms with Crippen LogP contribution in [-0.2, 0) is 9.53 Å². The lowest BCUT2D eigenvalue weighted by Crippen LogP contribution is -2.38. The highest BCUT2D eigenvalue weighted by Crippen LogP contribution is 2.12. The zero-order chi connectivity index (χ0) is 14.8. The minimum atomic E-state index is 0.0418. The molecular formula is C15H24N2O3. The van der Waals surface area contributed by atoms with Crippen molar-refractivity contribution in [2.45, 2.75) is 13.3 Å². The van der Waals surface area contributed by atoms with Crippen molar-refractivity contribution < 1.29 is 14.3 Å². The van der Waals surface area contributed by atoms with Crippen molar-refractivity contribution in [3.63, 3.8) is 0 Å². The van der Waals surface area contributed by atoms with Crippen LogP contribution in [0.4, 0.5) is 0 Å². The minimum absolute atomic E-state index is 0.0418. The molecule has 20 heavy (non-hydrogen) atoms. The molecule has 1 amide bonds. The lowest BCUT2D eigenvalue weighted by molar-refractivity contribution is -0.132. The summed E-state index contributed by atoms with van der Waals surface area (Å²) in [5.74, 6) is 0.834. The van der Waals surface area contributed by atoms with Crippen molar-refractivity contribution in [3.8, 4) is 5.75 Å². The van der Waals surface area contributed by atoms with Crippen LogP contribution in [-0.4, -0.2) is 50.8 Å². The van der Waals surface area contributed by atoms with Gasteiger partial charge in [0, 0.05) is 26.7 Å². The maximum atomic E-state index is 12.0. The van der Waals surface area contributed by atoms with Crippen LogP contribution in [0.1, 0.15) is 12.0 Å². The number of nitrogens with zero attached hydrogens (tertiary/aromatic N) is 1. The van der Waals surface area contributed by atoms with Crippen LogP contribution in [0, 0.1) is 6.92 Å². The van der Waals surface area contributed by atoms with Crippen molar-refractivity contribution in [1.82, 2.24) is 4.90 Å². The van der Waals surface area contributed by atoms with Crippen molar-refractivity contribution >= 4 is 5.91 Å². The highest BCUT2D eigenvalue weighted by atomic mass is 16.5. The summed E-state index contributed by atoms with van der Waals surface area (Å²) in [4.78, 5) is 13.7. The summed E-state index contributed by atoms with van der Waals surface area (Å²) in [5, 5.41) is 0. The summed E-state index contributed by atoms with van der Waals surface area (Å²) in [6.07, 6.45) is 0.345. The molecule has 0 saturated carbocycles. The molecule has 0 unspecified atom stereocenters. The van der Waals surface area contributed by atoms with Gasteiger partial charge in [-0.3, -0.25) is 4.79 Å². The summed E-state index contributed by atoms with van der Waals surface area (Å²) in [5.41, 5.74) is 6.65. The zero-order valence-electron chi connectivity index (χ0n) is 12.3. The molecule has 0 saturated heterocycles. The number of amides is 1. The average Bonchev–Trinajstić information content (AvgIpc) is 2.43. The van der Waals surface area contributed by atoms with Crippen molar-refractivity contribution in [2.24, 2.45) is 5.73 Å². The number of carbonyl (C=O) groups excluding carboxylic acids is 1. The fourth-order valence-electron chi connectivity index (χ4n) is 1.84. The van der Waals surface area contributed by atoms with Crippen LogP contribution >= 0.6 is 0 Å². The largest absolute Gasteiger partial charge is 0.493 e. The van der Waals surface area contributed by atoms with E-state index in [1.54, 1.807) is 12.0 Å². The summed E-state index contributed by atoms with van der Waals surface area (Å²) >= 11 is 0. The van der Waals surface area contributed by atoms with Crippen LogP contribution in [0.5, 0.6) is 5.75 Å². The first-order valence-corrected chi connectivity index (χ1v) is 6.83. The molecule has 0 fully saturated rings. The molecule has 1 rings (SSSR count). The van der Waals surface area contributed by atoms with Crippen molar-refractivity contribution in [3.05, 3.63) is 29.8 Å². The molecule has 0 heterocycles. The van der Waals surface area contributed by atoms with Gasteiger partial charge in [0.05, 0.1) is 19.6 Å². The molecule has 0 atom stereocenters. The van der Waals surface area contributed by atoms with Gasteiger partial charge in [-0.2, -0.15) is 0 Å². The third-order valence-electron chi connectivity index (χ3n) is 2.89. The van der Waals surface area contributed by atoms with Gasteiger partial charge in [-0.05, 0) is 24.6 Å². The molecule has 0 radical (unpaired) electrons. The van der Waals surface area contributed by atoms with Crippen LogP contribution in [0.3, 0.4) is 0 Å². The van der Waals surface area contributed by atoms with Gasteiger partial charge in [0.15, 0.2) is 0 Å². The number of carbonyl (C=O) groups is 1. The van der Waals surface area contributed by atoms with Crippen molar-refractivity contribution in [2.75, 3.05) is 40.0 Å². The Kier molecular flexibility index (Phi) is 7.69. The second-order valence-corrected chi connectivity index (χ2v) is 4.58. The van der Waals surface area contributed by atoms with E-state index in [1.807, 2.05) is 31.2 Å². The highest BCUT2D eigenvalue weighted by molar-refractivity contribution is 5.76. The molecule has 112 valence electrons. The van der Waals surface area contributed by atoms with E-state index in [1.165, 1.54) is 0 Å². The summed E-state index contributed by atoms with van der Waals surface area (Å²) in [6, 6.07) is 7.78. The molecule has 5 heteroatoms. The predicted octanol–water partition coefficient (Wildman–Crippen LogP) is 1.20. The molecule has 0 spiro atoms. The summed E-state index contributed by atoms with van der Waals surface area (Å²) < 4.78 is 10.6. The fraction of sp³-hybridized carbons (Fsp3) is 0.533. The van der Waals surface area contributed by atoms with E-state index in [2.05, 4.69) is 0 Å². The monoisotopic (exact) mass is 280 g/mol. The van der Waals surface area contributed by atoms with Crippen molar-refractivity contribution in [1.29, 1.82) is 0 Å². The number of benzene rings is 1. The van der Waals surface area contributed by atoms with Gasteiger partial charge in [0.25, 0.3) is 0 Å². The Hall–Kier alpha value is -1.59. The third-order valence-corrected chi connectivity index (χ3v) is 2.89. The topological polar surface area (TPSA) is 64.8 Å². The number of hydrogen-bond donors (Lipinski definition) is 1. The molecule has 1 aromatic carbocycles. The third kappa shape index (κ3) is 6.04. The first-order chi connectivity index (χ1) is 9.67. The number of nitrogens with two attached hydrogens (primary N) is 1. The maximum Gasteiger partial charge on any atom is 0.226 e. The Morgan fingerprint density at radius 2 is 2.10 bits per heavy atom. The van der Waals surface area contributed by atoms with E-state index < -0.39 is 0 Å². The molecule has 0 aliphatic heterocycles. The summed E-state index contributed by atoms with van der Waals surface area (Å²) in [6.45, 7) is 4.46. The Bertz CT molecular complexity index is 410. The average molecular weight is 280 g/mol. The molecule has 0 aliphatic rings. The fourth-order valence-corrected chi connectivity index (χ4v) is 1.84. The number of rotatable bonds is 9. The number of aryl methyl sites for hydroxylation is 1. The number of methoxy groups -OCH3 is 1. The summed E-state index contributed by atoms with van der Waals surface area (Å²) in [7, 11) is 1.62. The quantitative estimate of drug-likeness (QED) is 0.738. The molecule has 1 aromatic rings. The van der Waals surface area contributed by atoms with Gasteiger partial charge in [-0.25, -0.2) is 0 Å². The van der Waals surface area contributed by atoms with Gasteiger partial charge in [0.1, 0.15) is 5.75 Å². The Morgan fingerprint density at radius 3 is 2.75 bits per heavy atom. The van der Waals surface area contributed by atoms with Crippen LogP contribution < -0.4 is 10.5 Å². The van der Waals surface area contributed by atoms with E-state index >= 15 is 0 Å². The van der Waals surface area contributed by atoms with Gasteiger partial charge >= 0.3 is 0 Å². The zero-order valence-corrected chi connectivity index (χ0v) is 12.3. The van der Waals surface area contributed by atoms with Gasteiger partial charge < -0.3 is 20.1 Å². The SMILES string of the molecule is COCCN(CCN)C(=O)CCOc1cccc(C)c1. The minimum Gasteiger partial charge on any atom is -0.493 e. The lowest BCUT2D eigenvalue weighted by Gasteiger charge is -2.21. The second-order valence-electron chi connectivity index (χ2n) is 4.58. The van der Waals surface area contributed by atoms with E-state index in [0.29, 0.717) is 39.3 Å². The lowest BCUT2D eigenvalue weighted by atomic mass is 10.2. The van der Waals surface area contributed by atoms with Gasteiger partial charge in [0.2, 0.25) is 5.91 Å². The van der Waals surface area contributed by atoms with Gasteiger partial charge in [-0.1, -0.05) is 12.1 Å². The molecule has 0 aromatic heterocycles. The van der Waals surface area contributed by atoms with E-state index in [0.717, 1.165) is 11.3 Å². The second kappa shape index (κ2) is 9.34.